The van der Waals surface area contributed by atoms with E-state index in [4.69, 9.17) is 0 Å². The molecule has 1 aromatic rings. The Morgan fingerprint density at radius 1 is 1.05 bits per heavy atom. The highest BCUT2D eigenvalue weighted by molar-refractivity contribution is 5.27. The van der Waals surface area contributed by atoms with Crippen LogP contribution in [-0.4, -0.2) is 15.8 Å². The molecule has 1 unspecified atom stereocenters. The van der Waals surface area contributed by atoms with Gasteiger partial charge >= 0.3 is 0 Å². The zero-order valence-corrected chi connectivity index (χ0v) is 14.2. The molecule has 0 saturated heterocycles. The summed E-state index contributed by atoms with van der Waals surface area (Å²) in [7, 11) is 0. The molecule has 0 bridgehead atoms. The van der Waals surface area contributed by atoms with Crippen molar-refractivity contribution in [3.8, 4) is 0 Å². The highest BCUT2D eigenvalue weighted by atomic mass is 19.1. The average molecular weight is 310 g/mol. The Morgan fingerprint density at radius 2 is 1.68 bits per heavy atom. The maximum atomic E-state index is 14.0. The van der Waals surface area contributed by atoms with Crippen molar-refractivity contribution in [3.63, 3.8) is 0 Å². The fraction of sp³-hybridized carbons (Fsp3) is 0.684. The van der Waals surface area contributed by atoms with Gasteiger partial charge in [0.1, 0.15) is 5.82 Å². The molecule has 22 heavy (non-hydrogen) atoms. The summed E-state index contributed by atoms with van der Waals surface area (Å²) in [5.74, 6) is -0.247. The molecule has 126 valence electrons. The van der Waals surface area contributed by atoms with Gasteiger partial charge in [0, 0.05) is 0 Å². The van der Waals surface area contributed by atoms with E-state index in [-0.39, 0.29) is 5.82 Å². The molecular weight excluding hydrogens is 279 g/mol. The molecule has 2 nitrogen and oxygen atoms in total. The number of benzene rings is 1. The summed E-state index contributed by atoms with van der Waals surface area (Å²) in [4.78, 5) is 0. The van der Waals surface area contributed by atoms with Crippen LogP contribution in [0.4, 0.5) is 4.39 Å². The molecule has 0 aliphatic rings. The third kappa shape index (κ3) is 5.69. The summed E-state index contributed by atoms with van der Waals surface area (Å²) < 4.78 is 14.0. The fourth-order valence-corrected chi connectivity index (χ4v) is 3.11. The molecule has 0 spiro atoms. The van der Waals surface area contributed by atoms with Crippen LogP contribution in [0.5, 0.6) is 0 Å². The van der Waals surface area contributed by atoms with E-state index in [1.807, 2.05) is 6.92 Å². The first kappa shape index (κ1) is 19.1. The Bertz CT molecular complexity index is 439. The number of aliphatic hydroxyl groups is 2. The third-order valence-electron chi connectivity index (χ3n) is 4.31. The molecule has 0 aliphatic heterocycles. The van der Waals surface area contributed by atoms with Crippen molar-refractivity contribution >= 4 is 0 Å². The lowest BCUT2D eigenvalue weighted by Crippen LogP contribution is -2.29. The minimum absolute atomic E-state index is 0.247. The predicted octanol–water partition coefficient (Wildman–Crippen LogP) is 4.92. The van der Waals surface area contributed by atoms with Gasteiger partial charge in [0.15, 0.2) is 0 Å². The number of hydrogen-bond donors (Lipinski definition) is 2. The van der Waals surface area contributed by atoms with E-state index in [9.17, 15) is 14.6 Å². The number of hydrogen-bond acceptors (Lipinski definition) is 2. The van der Waals surface area contributed by atoms with Crippen LogP contribution in [0.1, 0.15) is 82.9 Å². The summed E-state index contributed by atoms with van der Waals surface area (Å²) in [6.07, 6.45) is 5.47. The second-order valence-corrected chi connectivity index (χ2v) is 6.38. The van der Waals surface area contributed by atoms with Crippen LogP contribution in [0.15, 0.2) is 18.2 Å². The zero-order chi connectivity index (χ0) is 16.6. The van der Waals surface area contributed by atoms with Crippen LogP contribution in [-0.2, 0) is 6.42 Å². The smallest absolute Gasteiger partial charge is 0.126 e. The van der Waals surface area contributed by atoms with Crippen LogP contribution in [0.2, 0.25) is 0 Å². The minimum Gasteiger partial charge on any atom is -0.390 e. The molecule has 1 rings (SSSR count). The minimum atomic E-state index is -0.700. The Kier molecular flexibility index (Phi) is 8.05. The lowest BCUT2D eigenvalue weighted by atomic mass is 9.86. The second kappa shape index (κ2) is 9.26. The highest BCUT2D eigenvalue weighted by Gasteiger charge is 2.25. The summed E-state index contributed by atoms with van der Waals surface area (Å²) in [6.45, 7) is 6.13. The Balaban J connectivity index is 2.81. The monoisotopic (exact) mass is 310 g/mol. The van der Waals surface area contributed by atoms with Crippen molar-refractivity contribution in [2.75, 3.05) is 0 Å². The van der Waals surface area contributed by atoms with Crippen molar-refractivity contribution in [2.45, 2.75) is 83.8 Å². The SMILES string of the molecule is CCCC(O)c1ccc(F)c(CCC(O)(CCC)CCC)c1. The lowest BCUT2D eigenvalue weighted by Gasteiger charge is -2.27. The van der Waals surface area contributed by atoms with Gasteiger partial charge in [0.2, 0.25) is 0 Å². The van der Waals surface area contributed by atoms with Crippen LogP contribution in [0.3, 0.4) is 0 Å². The van der Waals surface area contributed by atoms with E-state index < -0.39 is 11.7 Å². The Labute approximate surface area is 134 Å². The molecule has 0 aliphatic carbocycles. The Morgan fingerprint density at radius 3 is 2.23 bits per heavy atom. The molecule has 0 radical (unpaired) electrons. The number of aliphatic hydroxyl groups excluding tert-OH is 1. The van der Waals surface area contributed by atoms with Crippen LogP contribution in [0.25, 0.3) is 0 Å². The molecule has 0 aromatic heterocycles. The standard InChI is InChI=1S/C19H31FO2/c1-4-7-18(21)16-8-9-17(20)15(14-16)10-13-19(22,11-5-2)12-6-3/h8-9,14,18,21-22H,4-7,10-13H2,1-3H3. The fourth-order valence-electron chi connectivity index (χ4n) is 3.11. The van der Waals surface area contributed by atoms with E-state index in [0.717, 1.165) is 37.7 Å². The average Bonchev–Trinajstić information content (AvgIpc) is 2.47. The molecule has 0 amide bonds. The van der Waals surface area contributed by atoms with E-state index in [2.05, 4.69) is 13.8 Å². The topological polar surface area (TPSA) is 40.5 Å². The first-order valence-corrected chi connectivity index (χ1v) is 8.64. The van der Waals surface area contributed by atoms with Gasteiger partial charge in [-0.05, 0) is 49.3 Å². The van der Waals surface area contributed by atoms with E-state index in [1.54, 1.807) is 12.1 Å². The summed E-state index contributed by atoms with van der Waals surface area (Å²) in [5, 5.41) is 20.7. The molecule has 1 atom stereocenters. The van der Waals surface area contributed by atoms with Gasteiger partial charge in [0.05, 0.1) is 11.7 Å². The normalized spacial score (nSPS) is 13.4. The first-order chi connectivity index (χ1) is 10.5. The first-order valence-electron chi connectivity index (χ1n) is 8.64. The van der Waals surface area contributed by atoms with Crippen molar-refractivity contribution in [2.24, 2.45) is 0 Å². The van der Waals surface area contributed by atoms with Crippen LogP contribution < -0.4 is 0 Å². The molecule has 0 fully saturated rings. The van der Waals surface area contributed by atoms with E-state index >= 15 is 0 Å². The van der Waals surface area contributed by atoms with Gasteiger partial charge in [-0.25, -0.2) is 4.39 Å². The van der Waals surface area contributed by atoms with Crippen LogP contribution >= 0.6 is 0 Å². The number of rotatable bonds is 10. The van der Waals surface area contributed by atoms with Gasteiger partial charge in [-0.3, -0.25) is 0 Å². The van der Waals surface area contributed by atoms with Gasteiger partial charge in [-0.15, -0.1) is 0 Å². The van der Waals surface area contributed by atoms with Gasteiger partial charge in [-0.2, -0.15) is 0 Å². The molecule has 2 N–H and O–H groups in total. The number of aryl methyl sites for hydroxylation is 1. The third-order valence-corrected chi connectivity index (χ3v) is 4.31. The molecule has 1 aromatic carbocycles. The van der Waals surface area contributed by atoms with Crippen molar-refractivity contribution in [1.82, 2.24) is 0 Å². The van der Waals surface area contributed by atoms with E-state index in [0.29, 0.717) is 24.8 Å². The number of halogens is 1. The molecule has 0 saturated carbocycles. The largest absolute Gasteiger partial charge is 0.390 e. The summed E-state index contributed by atoms with van der Waals surface area (Å²) in [5.41, 5.74) is 0.666. The molecular formula is C19H31FO2. The summed E-state index contributed by atoms with van der Waals surface area (Å²) in [6, 6.07) is 4.85. The summed E-state index contributed by atoms with van der Waals surface area (Å²) >= 11 is 0. The van der Waals surface area contributed by atoms with Crippen molar-refractivity contribution < 1.29 is 14.6 Å². The second-order valence-electron chi connectivity index (χ2n) is 6.38. The van der Waals surface area contributed by atoms with Crippen LogP contribution in [0, 0.1) is 5.82 Å². The van der Waals surface area contributed by atoms with E-state index in [1.165, 1.54) is 6.07 Å². The van der Waals surface area contributed by atoms with Gasteiger partial charge in [0.25, 0.3) is 0 Å². The molecule has 0 heterocycles. The quantitative estimate of drug-likeness (QED) is 0.643. The predicted molar refractivity (Wildman–Crippen MR) is 89.4 cm³/mol. The van der Waals surface area contributed by atoms with Crippen molar-refractivity contribution in [3.05, 3.63) is 35.1 Å². The maximum Gasteiger partial charge on any atom is 0.126 e. The molecule has 3 heteroatoms. The van der Waals surface area contributed by atoms with Gasteiger partial charge < -0.3 is 10.2 Å². The van der Waals surface area contributed by atoms with Gasteiger partial charge in [-0.1, -0.05) is 52.2 Å². The highest BCUT2D eigenvalue weighted by Crippen LogP contribution is 2.27. The zero-order valence-electron chi connectivity index (χ0n) is 14.2. The maximum absolute atomic E-state index is 14.0. The van der Waals surface area contributed by atoms with Crippen molar-refractivity contribution in [1.29, 1.82) is 0 Å². The lowest BCUT2D eigenvalue weighted by molar-refractivity contribution is 0.0130. The Hall–Kier alpha value is -0.930.